The number of carbonyl (C=O) groups excluding carboxylic acids is 5. The fraction of sp³-hybridized carbons (Fsp3) is 0.388. The number of phenols is 3. The highest BCUT2D eigenvalue weighted by Gasteiger charge is 2.67. The van der Waals surface area contributed by atoms with Crippen molar-refractivity contribution in [1.82, 2.24) is 10.5 Å². The molecule has 8 N–H and O–H groups in total. The second kappa shape index (κ2) is 32.2. The van der Waals surface area contributed by atoms with Gasteiger partial charge in [-0.25, -0.2) is 5.48 Å². The third-order valence-corrected chi connectivity index (χ3v) is 19.2. The fourth-order valence-electron chi connectivity index (χ4n) is 11.6. The van der Waals surface area contributed by atoms with Crippen LogP contribution in [-0.2, 0) is 89.6 Å². The smallest absolute Gasteiger partial charge is 0.313 e. The van der Waals surface area contributed by atoms with Gasteiger partial charge in [-0.15, -0.1) is 0 Å². The zero-order valence-electron chi connectivity index (χ0n) is 51.8. The second-order valence-electron chi connectivity index (χ2n) is 23.1. The first-order valence-electron chi connectivity index (χ1n) is 29.6. The third kappa shape index (κ3) is 17.7. The Labute approximate surface area is 577 Å². The molecule has 10 rings (SSSR count). The van der Waals surface area contributed by atoms with Crippen LogP contribution >= 0.6 is 63.7 Å². The first kappa shape index (κ1) is 75.4. The van der Waals surface area contributed by atoms with Crippen LogP contribution in [0.4, 0.5) is 0 Å². The van der Waals surface area contributed by atoms with Crippen LogP contribution in [-0.4, -0.2) is 123 Å². The Balaban J connectivity index is 0.000000204. The molecule has 1 amide bonds. The van der Waals surface area contributed by atoms with Crippen LogP contribution in [0.5, 0.6) is 23.0 Å². The number of para-hydroxylation sites is 1. The Morgan fingerprint density at radius 1 is 0.511 bits per heavy atom. The zero-order valence-corrected chi connectivity index (χ0v) is 58.1. The van der Waals surface area contributed by atoms with Gasteiger partial charge in [0.15, 0.2) is 0 Å². The number of benzene rings is 5. The molecule has 0 saturated heterocycles. The molecule has 6 aromatic rings. The summed E-state index contributed by atoms with van der Waals surface area (Å²) in [6.45, 7) is 10.1. The monoisotopic (exact) mass is 1550 g/mol. The van der Waals surface area contributed by atoms with Crippen LogP contribution in [0.1, 0.15) is 86.9 Å². The quantitative estimate of drug-likeness (QED) is 0.00971. The van der Waals surface area contributed by atoms with Gasteiger partial charge >= 0.3 is 41.8 Å². The van der Waals surface area contributed by atoms with Gasteiger partial charge < -0.3 is 54.3 Å². The highest BCUT2D eigenvalue weighted by Crippen LogP contribution is 2.59. The molecule has 94 heavy (non-hydrogen) atoms. The molecule has 5 aromatic carbocycles. The van der Waals surface area contributed by atoms with Gasteiger partial charge in [0.1, 0.15) is 29.6 Å². The second-order valence-corrected chi connectivity index (χ2v) is 26.5. The Kier molecular flexibility index (Phi) is 25.9. The first-order chi connectivity index (χ1) is 44.1. The number of aryl methyl sites for hydroxylation is 1. The van der Waals surface area contributed by atoms with E-state index in [1.807, 2.05) is 55.5 Å². The molecule has 1 aromatic heterocycles. The Morgan fingerprint density at radius 2 is 0.904 bits per heavy atom. The van der Waals surface area contributed by atoms with Gasteiger partial charge in [-0.05, 0) is 233 Å². The summed E-state index contributed by atoms with van der Waals surface area (Å²) in [6.07, 6.45) is 2.42. The number of carbonyl (C=O) groups is 8. The van der Waals surface area contributed by atoms with Crippen molar-refractivity contribution in [2.24, 2.45) is 45.3 Å². The summed E-state index contributed by atoms with van der Waals surface area (Å²) in [5.74, 6) is -7.04. The molecule has 4 unspecified atom stereocenters. The average Bonchev–Trinajstić information content (AvgIpc) is 1.61. The number of amides is 1. The highest BCUT2D eigenvalue weighted by molar-refractivity contribution is 9.11. The predicted octanol–water partition coefficient (Wildman–Crippen LogP) is 11.2. The van der Waals surface area contributed by atoms with E-state index in [1.165, 1.54) is 18.2 Å². The summed E-state index contributed by atoms with van der Waals surface area (Å²) in [5, 5.41) is 65.8. The van der Waals surface area contributed by atoms with Crippen molar-refractivity contribution < 1.29 is 97.9 Å². The maximum Gasteiger partial charge on any atom is 0.313 e. The van der Waals surface area contributed by atoms with Gasteiger partial charge in [0.25, 0.3) is 0 Å². The number of esters is 4. The summed E-state index contributed by atoms with van der Waals surface area (Å²) < 4.78 is 28.6. The van der Waals surface area contributed by atoms with Gasteiger partial charge in [-0.3, -0.25) is 48.5 Å². The number of hydrogen-bond acceptors (Lipinski definition) is 18. The molecule has 499 valence electrons. The zero-order chi connectivity index (χ0) is 68.3. The normalized spacial score (nSPS) is 22.2. The topological polar surface area (TPSA) is 349 Å². The molecule has 1 heterocycles. The van der Waals surface area contributed by atoms with E-state index in [1.54, 1.807) is 69.6 Å². The lowest BCUT2D eigenvalue weighted by molar-refractivity contribution is -0.153. The molecule has 4 saturated carbocycles. The number of carboxylic acids is 3. The Hall–Kier alpha value is -7.59. The number of nitrogens with zero attached hydrogens (tertiary/aromatic N) is 1. The SMILES string of the molecule is CCOC(=O)[C@@]1(Cc2cc(Br)c(O)c(Br)c2)CC1C(=O)O.CCOC(=O)[C@@]1(Cc2ccc(O)c(Br)c2)CC1C(=O)O.CCOC(=O)[C@@]1(Cc2ccc(O)cc2)CC1C(=O)O.CCOC(=O)[C@@]1(Cc2ccc(OCc3cc(C)nc4ccccc34)c(Br)c2)CC1C(=O)NO.[B]. The maximum atomic E-state index is 12.6. The number of nitrogens with one attached hydrogen (secondary N) is 1. The van der Waals surface area contributed by atoms with Crippen molar-refractivity contribution in [2.75, 3.05) is 26.4 Å². The lowest BCUT2D eigenvalue weighted by atomic mass is 9.93. The van der Waals surface area contributed by atoms with Gasteiger partial charge in [0, 0.05) is 25.1 Å². The van der Waals surface area contributed by atoms with E-state index in [0.29, 0.717) is 64.3 Å². The minimum Gasteiger partial charge on any atom is -0.508 e. The van der Waals surface area contributed by atoms with Gasteiger partial charge in [-0.2, -0.15) is 0 Å². The van der Waals surface area contributed by atoms with Crippen LogP contribution in [0.3, 0.4) is 0 Å². The van der Waals surface area contributed by atoms with Crippen LogP contribution in [0, 0.1) is 52.3 Å². The van der Waals surface area contributed by atoms with Crippen LogP contribution < -0.4 is 10.2 Å². The molecule has 0 bridgehead atoms. The number of pyridine rings is 1. The van der Waals surface area contributed by atoms with Crippen molar-refractivity contribution in [1.29, 1.82) is 0 Å². The molecular formula is C67H70BBr4N2O20. The lowest BCUT2D eigenvalue weighted by Gasteiger charge is -2.17. The number of halogens is 4. The molecular weight excluding hydrogens is 1480 g/mol. The lowest BCUT2D eigenvalue weighted by Crippen LogP contribution is -2.30. The summed E-state index contributed by atoms with van der Waals surface area (Å²) in [6, 6.07) is 30.2. The summed E-state index contributed by atoms with van der Waals surface area (Å²) >= 11 is 13.2. The van der Waals surface area contributed by atoms with Gasteiger partial charge in [0.05, 0.1) is 95.2 Å². The number of phenolic OH excluding ortho intramolecular Hbond substituents is 3. The number of hydroxylamine groups is 1. The van der Waals surface area contributed by atoms with Crippen molar-refractivity contribution >= 4 is 131 Å². The van der Waals surface area contributed by atoms with Crippen LogP contribution in [0.2, 0.25) is 0 Å². The number of aromatic hydroxyl groups is 3. The number of aromatic nitrogens is 1. The molecule has 8 atom stereocenters. The molecule has 0 spiro atoms. The minimum atomic E-state index is -1.00. The van der Waals surface area contributed by atoms with E-state index >= 15 is 0 Å². The number of ether oxygens (including phenoxy) is 5. The van der Waals surface area contributed by atoms with Crippen molar-refractivity contribution in [3.05, 3.63) is 155 Å². The third-order valence-electron chi connectivity index (χ3n) is 16.8. The van der Waals surface area contributed by atoms with E-state index in [-0.39, 0.29) is 64.9 Å². The van der Waals surface area contributed by atoms with Crippen LogP contribution in [0.15, 0.2) is 121 Å². The summed E-state index contributed by atoms with van der Waals surface area (Å²) in [4.78, 5) is 98.7. The highest BCUT2D eigenvalue weighted by atomic mass is 79.9. The van der Waals surface area contributed by atoms with Crippen molar-refractivity contribution in [3.8, 4) is 23.0 Å². The molecule has 0 aliphatic heterocycles. The number of hydrogen-bond donors (Lipinski definition) is 8. The van der Waals surface area contributed by atoms with Gasteiger partial charge in [0.2, 0.25) is 5.91 Å². The van der Waals surface area contributed by atoms with E-state index < -0.39 is 93.0 Å². The summed E-state index contributed by atoms with van der Waals surface area (Å²) in [5.41, 5.74) is 3.89. The van der Waals surface area contributed by atoms with Gasteiger partial charge in [-0.1, -0.05) is 42.5 Å². The van der Waals surface area contributed by atoms with Crippen LogP contribution in [0.25, 0.3) is 10.9 Å². The number of aliphatic carboxylic acids is 3. The van der Waals surface area contributed by atoms with Crippen molar-refractivity contribution in [3.63, 3.8) is 0 Å². The Bertz CT molecular complexity index is 3800. The van der Waals surface area contributed by atoms with E-state index in [2.05, 4.69) is 68.7 Å². The fourth-order valence-corrected chi connectivity index (χ4v) is 13.8. The maximum absolute atomic E-state index is 12.6. The largest absolute Gasteiger partial charge is 0.508 e. The van der Waals surface area contributed by atoms with E-state index in [4.69, 9.17) is 39.1 Å². The molecule has 22 nitrogen and oxygen atoms in total. The molecule has 27 heteroatoms. The predicted molar refractivity (Wildman–Crippen MR) is 354 cm³/mol. The minimum absolute atomic E-state index is 0. The first-order valence-corrected chi connectivity index (χ1v) is 32.8. The molecule has 4 aliphatic carbocycles. The molecule has 4 aliphatic rings. The molecule has 4 fully saturated rings. The van der Waals surface area contributed by atoms with E-state index in [0.717, 1.165) is 48.9 Å². The Morgan fingerprint density at radius 3 is 1.33 bits per heavy atom. The average molecular weight is 1550 g/mol. The number of carboxylic acid groups (broad SMARTS) is 3. The number of fused-ring (bicyclic) bond motifs is 1. The van der Waals surface area contributed by atoms with Crippen molar-refractivity contribution in [2.45, 2.75) is 92.6 Å². The standard InChI is InChI=1S/C25H25BrN2O5.C14H14Br2O5.C14H15BrO5.C14H16O5.B/c1-3-32-24(30)25(13-19(25)23(29)28-31)12-16-8-9-22(20(26)11-16)33-14-17-10-15(2)27-21-7-5-4-6-18(17)21;1-2-21-13(20)14(6-8(14)12(18)19)5-7-3-9(15)11(17)10(16)4-7;1-2-20-13(19)14(7-9(14)12(17)18)6-8-3-4-11(16)10(15)5-8;1-2-19-13(18)14(8-11(14)12(16)17)7-9-3-5-10(15)6-4-9;/h4-11,19,31H,3,12-14H2,1-2H3,(H,28,29);3-4,8,17H,2,5-6H2,1H3,(H,18,19);3-5,9,16H,2,6-7H2,1H3,(H,17,18);3-6,11,15H,2,7-8H2,1H3,(H,16,17);/t19?,25-;8?,14-;9?,14-;11?,14-;/m0000./s1. The van der Waals surface area contributed by atoms with E-state index in [9.17, 15) is 58.8 Å². The summed E-state index contributed by atoms with van der Waals surface area (Å²) in [7, 11) is 0. The number of rotatable bonds is 23. The molecule has 3 radical (unpaired) electrons.